The molecule has 2 aliphatic rings. The predicted octanol–water partition coefficient (Wildman–Crippen LogP) is 4.02. The van der Waals surface area contributed by atoms with Gasteiger partial charge in [0, 0.05) is 25.3 Å². The molecular formula is C33H43N5O5. The number of rotatable bonds is 13. The van der Waals surface area contributed by atoms with Gasteiger partial charge in [-0.25, -0.2) is 4.98 Å². The van der Waals surface area contributed by atoms with Crippen LogP contribution in [0.3, 0.4) is 0 Å². The van der Waals surface area contributed by atoms with Gasteiger partial charge in [0.25, 0.3) is 5.89 Å². The van der Waals surface area contributed by atoms with Crippen LogP contribution in [0.4, 0.5) is 5.69 Å². The highest BCUT2D eigenvalue weighted by atomic mass is 16.5. The van der Waals surface area contributed by atoms with Crippen LogP contribution in [0.1, 0.15) is 74.0 Å². The molecule has 0 spiro atoms. The number of hydrogen-bond donors (Lipinski definition) is 3. The van der Waals surface area contributed by atoms with Crippen molar-refractivity contribution in [1.29, 1.82) is 0 Å². The molecule has 0 unspecified atom stereocenters. The van der Waals surface area contributed by atoms with E-state index in [9.17, 15) is 14.4 Å². The van der Waals surface area contributed by atoms with Gasteiger partial charge in [0.05, 0.1) is 18.6 Å². The largest absolute Gasteiger partial charge is 0.434 e. The Morgan fingerprint density at radius 2 is 1.81 bits per heavy atom. The minimum absolute atomic E-state index is 0.0457. The number of anilines is 1. The number of oxazole rings is 1. The summed E-state index contributed by atoms with van der Waals surface area (Å²) in [5, 5.41) is 2.95. The number of carbonyl (C=O) groups excluding carboxylic acids is 3. The molecule has 230 valence electrons. The van der Waals surface area contributed by atoms with E-state index in [0.29, 0.717) is 68.1 Å². The normalized spacial score (nSPS) is 19.9. The third-order valence-corrected chi connectivity index (χ3v) is 8.60. The van der Waals surface area contributed by atoms with Crippen molar-refractivity contribution in [3.05, 3.63) is 60.0 Å². The maximum Gasteiger partial charge on any atom is 0.266 e. The molecule has 10 nitrogen and oxygen atoms in total. The number of ketones is 1. The Hall–Kier alpha value is -3.76. The first kappa shape index (κ1) is 30.7. The highest BCUT2D eigenvalue weighted by molar-refractivity contribution is 6.01. The summed E-state index contributed by atoms with van der Waals surface area (Å²) >= 11 is 0. The number of nitrogen functional groups attached to an aromatic ring is 1. The molecule has 1 saturated carbocycles. The van der Waals surface area contributed by atoms with Crippen molar-refractivity contribution < 1.29 is 23.5 Å². The minimum Gasteiger partial charge on any atom is -0.434 e. The number of nitrogens with zero attached hydrogens (tertiary/aromatic N) is 2. The van der Waals surface area contributed by atoms with Gasteiger partial charge in [-0.1, -0.05) is 43.5 Å². The van der Waals surface area contributed by atoms with Gasteiger partial charge >= 0.3 is 0 Å². The molecule has 1 aliphatic carbocycles. The van der Waals surface area contributed by atoms with Crippen molar-refractivity contribution >= 4 is 34.4 Å². The quantitative estimate of drug-likeness (QED) is 0.154. The number of fused-ring (bicyclic) bond motifs is 1. The van der Waals surface area contributed by atoms with E-state index < -0.39 is 17.9 Å². The number of likely N-dealkylation sites (tertiary alicyclic amines) is 1. The standard InChI is InChI=1S/C33H43N5O5/c34-17-7-6-11-27(31(40)33-37-26-10-4-5-12-29(26)43-33)36-32(41)28-19-25(42-21-23-8-2-1-3-9-23)20-38(28)30(39)18-22-13-15-24(35)16-14-22/h4-5,10,12-16,23,25,27-28H,1-3,6-9,11,17-21,34-35H2,(H,36,41)/t25-,27+,28+/m1/s1. The van der Waals surface area contributed by atoms with Gasteiger partial charge in [-0.2, -0.15) is 0 Å². The van der Waals surface area contributed by atoms with Crippen LogP contribution in [-0.4, -0.2) is 65.4 Å². The summed E-state index contributed by atoms with van der Waals surface area (Å²) in [5.41, 5.74) is 14.0. The number of nitrogens with one attached hydrogen (secondary N) is 1. The van der Waals surface area contributed by atoms with E-state index in [-0.39, 0.29) is 30.2 Å². The van der Waals surface area contributed by atoms with E-state index >= 15 is 0 Å². The summed E-state index contributed by atoms with van der Waals surface area (Å²) in [4.78, 5) is 47.0. The SMILES string of the molecule is NCCCC[C@H](NC(=O)[C@@H]1C[C@@H](OCC2CCCCC2)CN1C(=O)Cc1ccc(N)cc1)C(=O)c1nc2ccccc2o1. The number of carbonyl (C=O) groups is 3. The molecule has 43 heavy (non-hydrogen) atoms. The molecule has 2 aromatic carbocycles. The zero-order valence-electron chi connectivity index (χ0n) is 24.7. The topological polar surface area (TPSA) is 154 Å². The molecule has 2 fully saturated rings. The smallest absolute Gasteiger partial charge is 0.266 e. The van der Waals surface area contributed by atoms with Crippen LogP contribution in [0.15, 0.2) is 52.9 Å². The summed E-state index contributed by atoms with van der Waals surface area (Å²) in [6.45, 7) is 1.44. The number of aromatic nitrogens is 1. The first-order chi connectivity index (χ1) is 20.9. The first-order valence-corrected chi connectivity index (χ1v) is 15.6. The van der Waals surface area contributed by atoms with E-state index in [0.717, 1.165) is 18.4 Å². The molecule has 3 aromatic rings. The predicted molar refractivity (Wildman–Crippen MR) is 164 cm³/mol. The third-order valence-electron chi connectivity index (χ3n) is 8.60. The van der Waals surface area contributed by atoms with Crippen molar-refractivity contribution in [3.8, 4) is 0 Å². The molecule has 5 rings (SSSR count). The van der Waals surface area contributed by atoms with Gasteiger partial charge in [0.2, 0.25) is 17.6 Å². The average molecular weight is 590 g/mol. The Morgan fingerprint density at radius 3 is 2.56 bits per heavy atom. The number of ether oxygens (including phenoxy) is 1. The Kier molecular flexibility index (Phi) is 10.4. The van der Waals surface area contributed by atoms with E-state index in [1.807, 2.05) is 24.3 Å². The highest BCUT2D eigenvalue weighted by Crippen LogP contribution is 2.28. The molecule has 3 atom stereocenters. The van der Waals surface area contributed by atoms with Crippen LogP contribution < -0.4 is 16.8 Å². The molecule has 1 aromatic heterocycles. The van der Waals surface area contributed by atoms with Crippen LogP contribution in [0.5, 0.6) is 0 Å². The highest BCUT2D eigenvalue weighted by Gasteiger charge is 2.41. The number of Topliss-reactive ketones (excluding diaryl/α,β-unsaturated/α-hetero) is 1. The maximum absolute atomic E-state index is 13.9. The van der Waals surface area contributed by atoms with Gasteiger partial charge in [0.1, 0.15) is 11.6 Å². The molecule has 2 amide bonds. The number of hydrogen-bond acceptors (Lipinski definition) is 8. The fourth-order valence-corrected chi connectivity index (χ4v) is 6.14. The summed E-state index contributed by atoms with van der Waals surface area (Å²) in [5.74, 6) is -0.475. The van der Waals surface area contributed by atoms with E-state index in [1.165, 1.54) is 19.3 Å². The lowest BCUT2D eigenvalue weighted by atomic mass is 9.90. The van der Waals surface area contributed by atoms with Gasteiger partial charge < -0.3 is 30.8 Å². The first-order valence-electron chi connectivity index (χ1n) is 15.6. The molecule has 0 bridgehead atoms. The molecule has 1 saturated heterocycles. The summed E-state index contributed by atoms with van der Waals surface area (Å²) in [6, 6.07) is 12.7. The third kappa shape index (κ3) is 8.00. The lowest BCUT2D eigenvalue weighted by Gasteiger charge is -2.26. The van der Waals surface area contributed by atoms with Crippen molar-refractivity contribution in [2.75, 3.05) is 25.4 Å². The van der Waals surface area contributed by atoms with Gasteiger partial charge in [0.15, 0.2) is 5.58 Å². The van der Waals surface area contributed by atoms with Crippen molar-refractivity contribution in [1.82, 2.24) is 15.2 Å². The number of benzene rings is 2. The van der Waals surface area contributed by atoms with Crippen LogP contribution >= 0.6 is 0 Å². The number of amides is 2. The average Bonchev–Trinajstić information content (AvgIpc) is 3.66. The second-order valence-electron chi connectivity index (χ2n) is 11.9. The Balaban J connectivity index is 1.31. The Labute approximate surface area is 252 Å². The van der Waals surface area contributed by atoms with Gasteiger partial charge in [-0.3, -0.25) is 14.4 Å². The molecule has 0 radical (unpaired) electrons. The van der Waals surface area contributed by atoms with E-state index in [1.54, 1.807) is 29.2 Å². The summed E-state index contributed by atoms with van der Waals surface area (Å²) in [7, 11) is 0. The Morgan fingerprint density at radius 1 is 1.05 bits per heavy atom. The van der Waals surface area contributed by atoms with Gasteiger partial charge in [-0.15, -0.1) is 0 Å². The summed E-state index contributed by atoms with van der Waals surface area (Å²) in [6.07, 6.45) is 8.00. The maximum atomic E-state index is 13.9. The monoisotopic (exact) mass is 589 g/mol. The van der Waals surface area contributed by atoms with Crippen molar-refractivity contribution in [2.24, 2.45) is 11.7 Å². The minimum atomic E-state index is -0.858. The number of nitrogens with two attached hydrogens (primary N) is 2. The zero-order chi connectivity index (χ0) is 30.2. The zero-order valence-corrected chi connectivity index (χ0v) is 24.7. The molecule has 5 N–H and O–H groups in total. The lowest BCUT2D eigenvalue weighted by Crippen LogP contribution is -2.51. The van der Waals surface area contributed by atoms with Crippen LogP contribution in [0.2, 0.25) is 0 Å². The summed E-state index contributed by atoms with van der Waals surface area (Å²) < 4.78 is 12.0. The number of unbranched alkanes of at least 4 members (excludes halogenated alkanes) is 1. The van der Waals surface area contributed by atoms with Gasteiger partial charge in [-0.05, 0) is 74.4 Å². The lowest BCUT2D eigenvalue weighted by molar-refractivity contribution is -0.138. The van der Waals surface area contributed by atoms with Crippen LogP contribution in [0, 0.1) is 5.92 Å². The molecule has 10 heteroatoms. The van der Waals surface area contributed by atoms with E-state index in [4.69, 9.17) is 20.6 Å². The molecule has 1 aliphatic heterocycles. The van der Waals surface area contributed by atoms with E-state index in [2.05, 4.69) is 10.3 Å². The van der Waals surface area contributed by atoms with Crippen molar-refractivity contribution in [3.63, 3.8) is 0 Å². The second-order valence-corrected chi connectivity index (χ2v) is 11.9. The van der Waals surface area contributed by atoms with Crippen LogP contribution in [0.25, 0.3) is 11.1 Å². The second kappa shape index (κ2) is 14.6. The number of para-hydroxylation sites is 2. The molecule has 2 heterocycles. The molecular weight excluding hydrogens is 546 g/mol. The fraction of sp³-hybridized carbons (Fsp3) is 0.515. The van der Waals surface area contributed by atoms with Crippen LogP contribution in [-0.2, 0) is 20.7 Å². The van der Waals surface area contributed by atoms with Crippen molar-refractivity contribution in [2.45, 2.75) is 82.4 Å². The fourth-order valence-electron chi connectivity index (χ4n) is 6.14. The Bertz CT molecular complexity index is 1350.